The third-order valence-electron chi connectivity index (χ3n) is 2.73. The molecule has 0 amide bonds. The van der Waals surface area contributed by atoms with Gasteiger partial charge in [-0.15, -0.1) is 0 Å². The molecule has 0 heterocycles. The summed E-state index contributed by atoms with van der Waals surface area (Å²) in [5.41, 5.74) is 2.17. The van der Waals surface area contributed by atoms with E-state index in [1.807, 2.05) is 30.3 Å². The van der Waals surface area contributed by atoms with Gasteiger partial charge >= 0.3 is 0 Å². The molecule has 0 saturated carbocycles. The zero-order valence-corrected chi connectivity index (χ0v) is 11.8. The van der Waals surface area contributed by atoms with Gasteiger partial charge in [0.05, 0.1) is 4.92 Å². The summed E-state index contributed by atoms with van der Waals surface area (Å²) in [6, 6.07) is 14.8. The molecule has 19 heavy (non-hydrogen) atoms. The van der Waals surface area contributed by atoms with E-state index < -0.39 is 0 Å². The molecular weight excluding hydrogens is 308 g/mol. The minimum absolute atomic E-state index is 0.111. The van der Waals surface area contributed by atoms with Gasteiger partial charge < -0.3 is 5.32 Å². The second kappa shape index (κ2) is 6.45. The van der Waals surface area contributed by atoms with Crippen LogP contribution in [0.5, 0.6) is 0 Å². The summed E-state index contributed by atoms with van der Waals surface area (Å²) in [7, 11) is 0. The SMILES string of the molecule is O=[N+]([O-])c1ccc(Br)c(CNCc2ccccc2)c1. The van der Waals surface area contributed by atoms with Gasteiger partial charge in [0.25, 0.3) is 5.69 Å². The van der Waals surface area contributed by atoms with E-state index in [-0.39, 0.29) is 10.6 Å². The van der Waals surface area contributed by atoms with Crippen molar-refractivity contribution in [2.24, 2.45) is 0 Å². The topological polar surface area (TPSA) is 55.2 Å². The van der Waals surface area contributed by atoms with Crippen LogP contribution in [0, 0.1) is 10.1 Å². The van der Waals surface area contributed by atoms with Crippen LogP contribution >= 0.6 is 15.9 Å². The van der Waals surface area contributed by atoms with E-state index in [0.29, 0.717) is 6.54 Å². The van der Waals surface area contributed by atoms with Gasteiger partial charge in [-0.3, -0.25) is 10.1 Å². The van der Waals surface area contributed by atoms with Gasteiger partial charge in [0, 0.05) is 29.7 Å². The van der Waals surface area contributed by atoms with Crippen LogP contribution in [0.15, 0.2) is 53.0 Å². The van der Waals surface area contributed by atoms with Crippen LogP contribution in [0.2, 0.25) is 0 Å². The number of halogens is 1. The first-order valence-electron chi connectivity index (χ1n) is 5.84. The Bertz CT molecular complexity index is 573. The van der Waals surface area contributed by atoms with Crippen molar-refractivity contribution in [1.29, 1.82) is 0 Å². The maximum Gasteiger partial charge on any atom is 0.269 e. The average molecular weight is 321 g/mol. The normalized spacial score (nSPS) is 10.4. The second-order valence-corrected chi connectivity index (χ2v) is 4.98. The quantitative estimate of drug-likeness (QED) is 0.675. The number of nitro benzene ring substituents is 1. The van der Waals surface area contributed by atoms with Crippen molar-refractivity contribution >= 4 is 21.6 Å². The summed E-state index contributed by atoms with van der Waals surface area (Å²) >= 11 is 3.40. The van der Waals surface area contributed by atoms with Gasteiger partial charge in [0.1, 0.15) is 0 Å². The first-order chi connectivity index (χ1) is 9.16. The first-order valence-corrected chi connectivity index (χ1v) is 6.63. The number of hydrogen-bond donors (Lipinski definition) is 1. The van der Waals surface area contributed by atoms with Crippen molar-refractivity contribution in [1.82, 2.24) is 5.32 Å². The van der Waals surface area contributed by atoms with Gasteiger partial charge in [0.15, 0.2) is 0 Å². The van der Waals surface area contributed by atoms with Gasteiger partial charge in [0.2, 0.25) is 0 Å². The Kier molecular flexibility index (Phi) is 4.65. The number of hydrogen-bond acceptors (Lipinski definition) is 3. The highest BCUT2D eigenvalue weighted by atomic mass is 79.9. The maximum atomic E-state index is 10.7. The largest absolute Gasteiger partial charge is 0.309 e. The number of non-ortho nitro benzene ring substituents is 1. The maximum absolute atomic E-state index is 10.7. The smallest absolute Gasteiger partial charge is 0.269 e. The fourth-order valence-corrected chi connectivity index (χ4v) is 2.13. The van der Waals surface area contributed by atoms with E-state index in [2.05, 4.69) is 21.2 Å². The minimum Gasteiger partial charge on any atom is -0.309 e. The second-order valence-electron chi connectivity index (χ2n) is 4.12. The van der Waals surface area contributed by atoms with Crippen LogP contribution in [0.1, 0.15) is 11.1 Å². The molecule has 5 heteroatoms. The lowest BCUT2D eigenvalue weighted by Gasteiger charge is -2.07. The van der Waals surface area contributed by atoms with E-state index in [4.69, 9.17) is 0 Å². The first kappa shape index (κ1) is 13.7. The highest BCUT2D eigenvalue weighted by molar-refractivity contribution is 9.10. The molecule has 0 aromatic heterocycles. The summed E-state index contributed by atoms with van der Waals surface area (Å²) in [5.74, 6) is 0. The molecule has 2 aromatic carbocycles. The molecule has 0 saturated heterocycles. The van der Waals surface area contributed by atoms with Crippen LogP contribution in [-0.4, -0.2) is 4.92 Å². The summed E-state index contributed by atoms with van der Waals surface area (Å²) in [6.45, 7) is 1.31. The Balaban J connectivity index is 1.99. The van der Waals surface area contributed by atoms with Crippen molar-refractivity contribution in [3.05, 3.63) is 74.2 Å². The fourth-order valence-electron chi connectivity index (χ4n) is 1.75. The van der Waals surface area contributed by atoms with Crippen LogP contribution in [0.25, 0.3) is 0 Å². The van der Waals surface area contributed by atoms with E-state index in [0.717, 1.165) is 16.6 Å². The summed E-state index contributed by atoms with van der Waals surface area (Å²) < 4.78 is 0.874. The Labute approximate surface area is 119 Å². The average Bonchev–Trinajstić information content (AvgIpc) is 2.42. The standard InChI is InChI=1S/C14H13BrN2O2/c15-14-7-6-13(17(18)19)8-12(14)10-16-9-11-4-2-1-3-5-11/h1-8,16H,9-10H2. The predicted molar refractivity (Wildman–Crippen MR) is 77.8 cm³/mol. The van der Waals surface area contributed by atoms with Crippen molar-refractivity contribution in [2.45, 2.75) is 13.1 Å². The molecule has 0 unspecified atom stereocenters. The van der Waals surface area contributed by atoms with Crippen LogP contribution in [-0.2, 0) is 13.1 Å². The molecule has 0 aliphatic carbocycles. The molecular formula is C14H13BrN2O2. The lowest BCUT2D eigenvalue weighted by atomic mass is 10.2. The van der Waals surface area contributed by atoms with Crippen LogP contribution < -0.4 is 5.32 Å². The molecule has 1 N–H and O–H groups in total. The third-order valence-corrected chi connectivity index (χ3v) is 3.50. The van der Waals surface area contributed by atoms with Crippen molar-refractivity contribution in [3.63, 3.8) is 0 Å². The molecule has 0 radical (unpaired) electrons. The molecule has 4 nitrogen and oxygen atoms in total. The summed E-state index contributed by atoms with van der Waals surface area (Å²) in [4.78, 5) is 10.3. The van der Waals surface area contributed by atoms with Crippen molar-refractivity contribution in [2.75, 3.05) is 0 Å². The van der Waals surface area contributed by atoms with Crippen molar-refractivity contribution in [3.8, 4) is 0 Å². The van der Waals surface area contributed by atoms with E-state index >= 15 is 0 Å². The minimum atomic E-state index is -0.382. The van der Waals surface area contributed by atoms with Gasteiger partial charge in [-0.1, -0.05) is 46.3 Å². The van der Waals surface area contributed by atoms with Gasteiger partial charge in [-0.05, 0) is 17.2 Å². The van der Waals surface area contributed by atoms with E-state index in [1.54, 1.807) is 12.1 Å². The Morgan fingerprint density at radius 3 is 2.53 bits per heavy atom. The Morgan fingerprint density at radius 1 is 1.11 bits per heavy atom. The summed E-state index contributed by atoms with van der Waals surface area (Å²) in [6.07, 6.45) is 0. The number of nitrogens with one attached hydrogen (secondary N) is 1. The number of rotatable bonds is 5. The van der Waals surface area contributed by atoms with Crippen LogP contribution in [0.3, 0.4) is 0 Å². The number of nitro groups is 1. The molecule has 0 aliphatic rings. The summed E-state index contributed by atoms with van der Waals surface area (Å²) in [5, 5.41) is 14.0. The van der Waals surface area contributed by atoms with E-state index in [9.17, 15) is 10.1 Å². The molecule has 2 aromatic rings. The molecule has 0 atom stereocenters. The Hall–Kier alpha value is -1.72. The monoisotopic (exact) mass is 320 g/mol. The lowest BCUT2D eigenvalue weighted by molar-refractivity contribution is -0.384. The molecule has 0 bridgehead atoms. The fraction of sp³-hybridized carbons (Fsp3) is 0.143. The highest BCUT2D eigenvalue weighted by Crippen LogP contribution is 2.22. The van der Waals surface area contributed by atoms with Crippen LogP contribution in [0.4, 0.5) is 5.69 Å². The molecule has 0 spiro atoms. The third kappa shape index (κ3) is 3.87. The lowest BCUT2D eigenvalue weighted by Crippen LogP contribution is -2.13. The zero-order chi connectivity index (χ0) is 13.7. The highest BCUT2D eigenvalue weighted by Gasteiger charge is 2.08. The molecule has 0 aliphatic heterocycles. The Morgan fingerprint density at radius 2 is 1.84 bits per heavy atom. The van der Waals surface area contributed by atoms with E-state index in [1.165, 1.54) is 11.6 Å². The van der Waals surface area contributed by atoms with Crippen molar-refractivity contribution < 1.29 is 4.92 Å². The molecule has 98 valence electrons. The zero-order valence-electron chi connectivity index (χ0n) is 10.2. The van der Waals surface area contributed by atoms with Gasteiger partial charge in [-0.25, -0.2) is 0 Å². The number of nitrogens with zero attached hydrogens (tertiary/aromatic N) is 1. The molecule has 2 rings (SSSR count). The number of benzene rings is 2. The van der Waals surface area contributed by atoms with Gasteiger partial charge in [-0.2, -0.15) is 0 Å². The predicted octanol–water partition coefficient (Wildman–Crippen LogP) is 3.65. The molecule has 0 fully saturated rings.